The minimum atomic E-state index is 0.681. The molecule has 1 saturated carbocycles. The summed E-state index contributed by atoms with van der Waals surface area (Å²) in [4.78, 5) is 0. The molecule has 0 aliphatic heterocycles. The fourth-order valence-corrected chi connectivity index (χ4v) is 2.12. The molecule has 5 nitrogen and oxygen atoms in total. The number of ether oxygens (including phenoxy) is 1. The second kappa shape index (κ2) is 5.01. The Morgan fingerprint density at radius 3 is 2.95 bits per heavy atom. The highest BCUT2D eigenvalue weighted by Crippen LogP contribution is 2.22. The number of benzene rings is 1. The smallest absolute Gasteiger partial charge is 0.121 e. The fraction of sp³-hybridized carbons (Fsp3) is 0.429. The van der Waals surface area contributed by atoms with Crippen LogP contribution >= 0.6 is 0 Å². The zero-order chi connectivity index (χ0) is 13.2. The molecule has 1 N–H and O–H groups in total. The summed E-state index contributed by atoms with van der Waals surface area (Å²) in [5.74, 6) is 0.890. The van der Waals surface area contributed by atoms with E-state index in [0.717, 1.165) is 29.2 Å². The molecule has 3 rings (SSSR count). The van der Waals surface area contributed by atoms with Gasteiger partial charge in [-0.25, -0.2) is 4.68 Å². The van der Waals surface area contributed by atoms with E-state index in [2.05, 4.69) is 21.7 Å². The van der Waals surface area contributed by atoms with Crippen molar-refractivity contribution in [1.29, 1.82) is 0 Å². The SMILES string of the molecule is COc1ccc(-n2nncc2CNC2CC2)cc1C. The third-order valence-corrected chi connectivity index (χ3v) is 3.39. The summed E-state index contributed by atoms with van der Waals surface area (Å²) in [6.07, 6.45) is 4.38. The molecule has 100 valence electrons. The second-order valence-corrected chi connectivity index (χ2v) is 4.95. The second-order valence-electron chi connectivity index (χ2n) is 4.95. The van der Waals surface area contributed by atoms with Gasteiger partial charge in [0.25, 0.3) is 0 Å². The predicted molar refractivity (Wildman–Crippen MR) is 72.5 cm³/mol. The van der Waals surface area contributed by atoms with Crippen LogP contribution in [-0.2, 0) is 6.54 Å². The molecule has 1 aliphatic carbocycles. The van der Waals surface area contributed by atoms with E-state index in [-0.39, 0.29) is 0 Å². The van der Waals surface area contributed by atoms with Gasteiger partial charge in [0.15, 0.2) is 0 Å². The van der Waals surface area contributed by atoms with Crippen molar-refractivity contribution in [1.82, 2.24) is 20.3 Å². The summed E-state index contributed by atoms with van der Waals surface area (Å²) in [5, 5.41) is 11.7. The lowest BCUT2D eigenvalue weighted by Crippen LogP contribution is -2.18. The maximum Gasteiger partial charge on any atom is 0.121 e. The van der Waals surface area contributed by atoms with Crippen LogP contribution in [0.3, 0.4) is 0 Å². The van der Waals surface area contributed by atoms with Gasteiger partial charge >= 0.3 is 0 Å². The third kappa shape index (κ3) is 2.61. The van der Waals surface area contributed by atoms with Gasteiger partial charge in [-0.05, 0) is 43.5 Å². The molecule has 1 aliphatic rings. The summed E-state index contributed by atoms with van der Waals surface area (Å²) < 4.78 is 7.15. The summed E-state index contributed by atoms with van der Waals surface area (Å²) in [7, 11) is 1.68. The number of nitrogens with one attached hydrogen (secondary N) is 1. The molecule has 2 aromatic rings. The van der Waals surface area contributed by atoms with Gasteiger partial charge in [0.05, 0.1) is 24.7 Å². The number of nitrogens with zero attached hydrogens (tertiary/aromatic N) is 3. The van der Waals surface area contributed by atoms with E-state index in [1.165, 1.54) is 12.8 Å². The molecule has 19 heavy (non-hydrogen) atoms. The van der Waals surface area contributed by atoms with E-state index in [4.69, 9.17) is 4.74 Å². The molecule has 1 fully saturated rings. The van der Waals surface area contributed by atoms with Crippen LogP contribution in [0.5, 0.6) is 5.75 Å². The molecule has 0 radical (unpaired) electrons. The normalized spacial score (nSPS) is 14.6. The largest absolute Gasteiger partial charge is 0.496 e. The first-order valence-corrected chi connectivity index (χ1v) is 6.56. The van der Waals surface area contributed by atoms with Crippen molar-refractivity contribution >= 4 is 0 Å². The maximum absolute atomic E-state index is 5.28. The highest BCUT2D eigenvalue weighted by molar-refractivity contribution is 5.43. The van der Waals surface area contributed by atoms with Crippen molar-refractivity contribution in [3.05, 3.63) is 35.7 Å². The average molecular weight is 258 g/mol. The van der Waals surface area contributed by atoms with Gasteiger partial charge < -0.3 is 10.1 Å². The van der Waals surface area contributed by atoms with Crippen LogP contribution in [0.15, 0.2) is 24.4 Å². The van der Waals surface area contributed by atoms with Crippen molar-refractivity contribution in [2.75, 3.05) is 7.11 Å². The van der Waals surface area contributed by atoms with E-state index in [9.17, 15) is 0 Å². The number of aromatic nitrogens is 3. The first-order valence-electron chi connectivity index (χ1n) is 6.56. The number of aryl methyl sites for hydroxylation is 1. The van der Waals surface area contributed by atoms with Crippen LogP contribution in [0.1, 0.15) is 24.1 Å². The molecule has 1 aromatic heterocycles. The Labute approximate surface area is 112 Å². The third-order valence-electron chi connectivity index (χ3n) is 3.39. The summed E-state index contributed by atoms with van der Waals surface area (Å²) in [5.41, 5.74) is 3.19. The molecular formula is C14H18N4O. The molecule has 0 bridgehead atoms. The van der Waals surface area contributed by atoms with Crippen LogP contribution in [0.25, 0.3) is 5.69 Å². The minimum absolute atomic E-state index is 0.681. The zero-order valence-corrected chi connectivity index (χ0v) is 11.3. The molecule has 0 atom stereocenters. The van der Waals surface area contributed by atoms with Gasteiger partial charge in [0.1, 0.15) is 5.75 Å². The highest BCUT2D eigenvalue weighted by Gasteiger charge is 2.21. The van der Waals surface area contributed by atoms with Gasteiger partial charge in [-0.3, -0.25) is 0 Å². The number of rotatable bonds is 5. The van der Waals surface area contributed by atoms with Crippen LogP contribution in [0, 0.1) is 6.92 Å². The number of hydrogen-bond donors (Lipinski definition) is 1. The van der Waals surface area contributed by atoms with Gasteiger partial charge in [0, 0.05) is 12.6 Å². The van der Waals surface area contributed by atoms with Crippen molar-refractivity contribution in [3.8, 4) is 11.4 Å². The van der Waals surface area contributed by atoms with Crippen molar-refractivity contribution < 1.29 is 4.74 Å². The molecule has 0 amide bonds. The number of hydrogen-bond acceptors (Lipinski definition) is 4. The molecule has 5 heteroatoms. The van der Waals surface area contributed by atoms with E-state index in [1.807, 2.05) is 29.9 Å². The van der Waals surface area contributed by atoms with Crippen molar-refractivity contribution in [3.63, 3.8) is 0 Å². The van der Waals surface area contributed by atoms with Crippen LogP contribution < -0.4 is 10.1 Å². The van der Waals surface area contributed by atoms with E-state index in [0.29, 0.717) is 6.04 Å². The van der Waals surface area contributed by atoms with Gasteiger partial charge in [-0.1, -0.05) is 5.21 Å². The standard InChI is InChI=1S/C14H18N4O/c1-10-7-12(5-6-14(10)19-2)18-13(9-16-17-18)8-15-11-3-4-11/h5-7,9,11,15H,3-4,8H2,1-2H3. The Hall–Kier alpha value is -1.88. The first kappa shape index (κ1) is 12.2. The zero-order valence-electron chi connectivity index (χ0n) is 11.3. The average Bonchev–Trinajstić information content (AvgIpc) is 3.13. The van der Waals surface area contributed by atoms with Crippen LogP contribution in [-0.4, -0.2) is 28.1 Å². The Balaban J connectivity index is 1.84. The quantitative estimate of drug-likeness (QED) is 0.889. The summed E-state index contributed by atoms with van der Waals surface area (Å²) in [6.45, 7) is 2.84. The number of methoxy groups -OCH3 is 1. The molecule has 0 spiro atoms. The van der Waals surface area contributed by atoms with Gasteiger partial charge in [-0.2, -0.15) is 0 Å². The Morgan fingerprint density at radius 2 is 2.26 bits per heavy atom. The van der Waals surface area contributed by atoms with Gasteiger partial charge in [0.2, 0.25) is 0 Å². The molecule has 0 unspecified atom stereocenters. The maximum atomic E-state index is 5.28. The fourth-order valence-electron chi connectivity index (χ4n) is 2.12. The predicted octanol–water partition coefficient (Wildman–Crippen LogP) is 1.84. The summed E-state index contributed by atoms with van der Waals surface area (Å²) in [6, 6.07) is 6.71. The lowest BCUT2D eigenvalue weighted by Gasteiger charge is -2.10. The van der Waals surface area contributed by atoms with Crippen molar-refractivity contribution in [2.24, 2.45) is 0 Å². The van der Waals surface area contributed by atoms with Gasteiger partial charge in [-0.15, -0.1) is 5.10 Å². The van der Waals surface area contributed by atoms with Crippen LogP contribution in [0.4, 0.5) is 0 Å². The molecular weight excluding hydrogens is 240 g/mol. The van der Waals surface area contributed by atoms with Crippen LogP contribution in [0.2, 0.25) is 0 Å². The lowest BCUT2D eigenvalue weighted by molar-refractivity contribution is 0.411. The Morgan fingerprint density at radius 1 is 1.42 bits per heavy atom. The molecule has 1 aromatic carbocycles. The lowest BCUT2D eigenvalue weighted by atomic mass is 10.2. The topological polar surface area (TPSA) is 52.0 Å². The Kier molecular flexibility index (Phi) is 3.21. The summed E-state index contributed by atoms with van der Waals surface area (Å²) >= 11 is 0. The van der Waals surface area contributed by atoms with Crippen molar-refractivity contribution in [2.45, 2.75) is 32.4 Å². The molecule has 1 heterocycles. The first-order chi connectivity index (χ1) is 9.28. The van der Waals surface area contributed by atoms with E-state index in [1.54, 1.807) is 7.11 Å². The highest BCUT2D eigenvalue weighted by atomic mass is 16.5. The monoisotopic (exact) mass is 258 g/mol. The minimum Gasteiger partial charge on any atom is -0.496 e. The van der Waals surface area contributed by atoms with E-state index >= 15 is 0 Å². The Bertz CT molecular complexity index is 575. The van der Waals surface area contributed by atoms with E-state index < -0.39 is 0 Å². The molecule has 0 saturated heterocycles.